The predicted octanol–water partition coefficient (Wildman–Crippen LogP) is 2.47. The number of amidine groups is 1. The average Bonchev–Trinajstić information content (AvgIpc) is 3.17. The van der Waals surface area contributed by atoms with E-state index >= 15 is 0 Å². The first kappa shape index (κ1) is 18.7. The maximum Gasteiger partial charge on any atom is 0.236 e. The lowest BCUT2D eigenvalue weighted by atomic mass is 9.83. The molecule has 1 aromatic heterocycles. The van der Waals surface area contributed by atoms with Crippen molar-refractivity contribution in [3.05, 3.63) is 46.4 Å². The summed E-state index contributed by atoms with van der Waals surface area (Å²) in [5, 5.41) is 0. The van der Waals surface area contributed by atoms with Gasteiger partial charge in [-0.3, -0.25) is 9.69 Å². The second-order valence-electron chi connectivity index (χ2n) is 7.71. The number of piperidine rings is 1. The first-order valence-electron chi connectivity index (χ1n) is 9.87. The van der Waals surface area contributed by atoms with Gasteiger partial charge in [-0.05, 0) is 55.4 Å². The van der Waals surface area contributed by atoms with Crippen LogP contribution >= 0.6 is 0 Å². The number of nitrogens with two attached hydrogens (primary N) is 2. The molecule has 0 aliphatic carbocycles. The Kier molecular flexibility index (Phi) is 4.93. The van der Waals surface area contributed by atoms with Crippen LogP contribution in [0.5, 0.6) is 0 Å². The van der Waals surface area contributed by atoms with Gasteiger partial charge in [0.15, 0.2) is 0 Å². The molecule has 0 aromatic carbocycles. The van der Waals surface area contributed by atoms with Gasteiger partial charge in [0.2, 0.25) is 5.91 Å². The monoisotopic (exact) mass is 381 g/mol. The number of rotatable bonds is 3. The van der Waals surface area contributed by atoms with E-state index in [9.17, 15) is 4.79 Å². The molecule has 0 saturated carbocycles. The summed E-state index contributed by atoms with van der Waals surface area (Å²) in [6.45, 7) is 5.38. The van der Waals surface area contributed by atoms with Gasteiger partial charge in [0, 0.05) is 12.8 Å². The molecule has 2 unspecified atom stereocenters. The summed E-state index contributed by atoms with van der Waals surface area (Å²) >= 11 is 0. The lowest BCUT2D eigenvalue weighted by Gasteiger charge is -2.38. The van der Waals surface area contributed by atoms with Gasteiger partial charge in [0.05, 0.1) is 18.6 Å². The van der Waals surface area contributed by atoms with Crippen LogP contribution in [0.4, 0.5) is 5.82 Å². The lowest BCUT2D eigenvalue weighted by Crippen LogP contribution is -2.51. The molecule has 7 heteroatoms. The normalized spacial score (nSPS) is 25.7. The molecule has 28 heavy (non-hydrogen) atoms. The first-order valence-corrected chi connectivity index (χ1v) is 9.87. The van der Waals surface area contributed by atoms with Gasteiger partial charge < -0.3 is 16.2 Å². The molecule has 7 nitrogen and oxygen atoms in total. The third-order valence-corrected chi connectivity index (χ3v) is 5.93. The minimum atomic E-state index is -0.304. The van der Waals surface area contributed by atoms with Gasteiger partial charge in [-0.1, -0.05) is 18.6 Å². The molecule has 0 radical (unpaired) electrons. The fourth-order valence-corrected chi connectivity index (χ4v) is 4.27. The largest absolute Gasteiger partial charge is 0.384 e. The van der Waals surface area contributed by atoms with Gasteiger partial charge in [-0.25, -0.2) is 9.98 Å². The molecule has 2 fully saturated rings. The number of aliphatic imine (C=N–C) groups is 1. The number of hydrogen-bond donors (Lipinski definition) is 2. The highest BCUT2D eigenvalue weighted by Gasteiger charge is 2.43. The lowest BCUT2D eigenvalue weighted by molar-refractivity contribution is -0.131. The van der Waals surface area contributed by atoms with E-state index in [1.165, 1.54) is 5.57 Å². The molecule has 0 spiro atoms. The van der Waals surface area contributed by atoms with Crippen LogP contribution in [0.3, 0.4) is 0 Å². The highest BCUT2D eigenvalue weighted by molar-refractivity contribution is 6.13. The topological polar surface area (TPSA) is 107 Å². The molecule has 4 rings (SSSR count). The molecule has 1 aromatic rings. The van der Waals surface area contributed by atoms with E-state index < -0.39 is 0 Å². The summed E-state index contributed by atoms with van der Waals surface area (Å²) in [7, 11) is 0. The van der Waals surface area contributed by atoms with Gasteiger partial charge in [0.25, 0.3) is 0 Å². The average molecular weight is 381 g/mol. The molecular formula is C21H27N5O2. The van der Waals surface area contributed by atoms with Crippen molar-refractivity contribution < 1.29 is 9.53 Å². The highest BCUT2D eigenvalue weighted by Crippen LogP contribution is 2.39. The van der Waals surface area contributed by atoms with Crippen LogP contribution < -0.4 is 11.5 Å². The number of fused-ring (bicyclic) bond motifs is 1. The summed E-state index contributed by atoms with van der Waals surface area (Å²) in [6.07, 6.45) is 4.75. The van der Waals surface area contributed by atoms with E-state index in [1.54, 1.807) is 12.3 Å². The van der Waals surface area contributed by atoms with Crippen LogP contribution in [0.1, 0.15) is 51.0 Å². The third-order valence-electron chi connectivity index (χ3n) is 5.93. The van der Waals surface area contributed by atoms with Crippen molar-refractivity contribution in [1.82, 2.24) is 9.88 Å². The molecule has 2 saturated heterocycles. The minimum absolute atomic E-state index is 0.0189. The van der Waals surface area contributed by atoms with E-state index in [4.69, 9.17) is 21.2 Å². The number of allylic oxidation sites excluding steroid dienone is 2. The van der Waals surface area contributed by atoms with Crippen LogP contribution in [0.25, 0.3) is 0 Å². The van der Waals surface area contributed by atoms with E-state index in [-0.39, 0.29) is 17.9 Å². The predicted molar refractivity (Wildman–Crippen MR) is 108 cm³/mol. The van der Waals surface area contributed by atoms with E-state index in [0.29, 0.717) is 37.1 Å². The number of hydrogen-bond acceptors (Lipinski definition) is 6. The Hall–Kier alpha value is -2.67. The van der Waals surface area contributed by atoms with Crippen LogP contribution in [-0.4, -0.2) is 40.9 Å². The Morgan fingerprint density at radius 1 is 1.32 bits per heavy atom. The molecule has 4 heterocycles. The number of ether oxygens (including phenoxy) is 1. The number of nitrogen functional groups attached to an aromatic ring is 1. The van der Waals surface area contributed by atoms with E-state index in [2.05, 4.69) is 18.8 Å². The number of aromatic nitrogens is 1. The van der Waals surface area contributed by atoms with Crippen molar-refractivity contribution in [3.63, 3.8) is 0 Å². The van der Waals surface area contributed by atoms with E-state index in [1.807, 2.05) is 11.0 Å². The Balaban J connectivity index is 1.82. The van der Waals surface area contributed by atoms with Gasteiger partial charge in [-0.2, -0.15) is 0 Å². The van der Waals surface area contributed by atoms with Gasteiger partial charge in [-0.15, -0.1) is 0 Å². The zero-order chi connectivity index (χ0) is 19.8. The van der Waals surface area contributed by atoms with Crippen molar-refractivity contribution >= 4 is 17.6 Å². The molecule has 148 valence electrons. The van der Waals surface area contributed by atoms with E-state index in [0.717, 1.165) is 36.0 Å². The zero-order valence-electron chi connectivity index (χ0n) is 16.4. The maximum absolute atomic E-state index is 13.6. The molecule has 3 aliphatic heterocycles. The Labute approximate surface area is 165 Å². The molecule has 0 bridgehead atoms. The first-order chi connectivity index (χ1) is 13.5. The summed E-state index contributed by atoms with van der Waals surface area (Å²) in [5.74, 6) is 1.42. The summed E-state index contributed by atoms with van der Waals surface area (Å²) in [6, 6.07) is 3.63. The number of nitrogens with zero attached hydrogens (tertiary/aromatic N) is 3. The standard InChI is InChI=1S/C21H27N5O2/c1-3-13-8-12(2)16-9-17(14-4-5-18(22)24-10-14)21(27)26(15-6-7-28-11-15)20(16)25-19(13)23/h4-5,10,15,17H,3,6-9,11,23H2,1-2H3,(H2,22,24). The number of pyridine rings is 1. The van der Waals surface area contributed by atoms with Crippen molar-refractivity contribution in [2.75, 3.05) is 18.9 Å². The number of likely N-dealkylation sites (tertiary alicyclic amines) is 1. The Morgan fingerprint density at radius 2 is 2.14 bits per heavy atom. The van der Waals surface area contributed by atoms with Crippen molar-refractivity contribution in [2.45, 2.75) is 51.5 Å². The SMILES string of the molecule is CCC1=C(N)N=C2C(=C(C)C1)CC(c1ccc(N)nc1)C(=O)N2C1CCOC1. The highest BCUT2D eigenvalue weighted by atomic mass is 16.5. The smallest absolute Gasteiger partial charge is 0.236 e. The Bertz CT molecular complexity index is 879. The summed E-state index contributed by atoms with van der Waals surface area (Å²) in [4.78, 5) is 24.4. The van der Waals surface area contributed by atoms with Gasteiger partial charge in [0.1, 0.15) is 17.5 Å². The second-order valence-corrected chi connectivity index (χ2v) is 7.71. The van der Waals surface area contributed by atoms with Crippen LogP contribution in [0, 0.1) is 0 Å². The number of anilines is 1. The zero-order valence-corrected chi connectivity index (χ0v) is 16.4. The number of amides is 1. The molecular weight excluding hydrogens is 354 g/mol. The molecule has 2 atom stereocenters. The summed E-state index contributed by atoms with van der Waals surface area (Å²) < 4.78 is 5.59. The van der Waals surface area contributed by atoms with Crippen LogP contribution in [-0.2, 0) is 9.53 Å². The summed E-state index contributed by atoms with van der Waals surface area (Å²) in [5.41, 5.74) is 16.4. The quantitative estimate of drug-likeness (QED) is 0.836. The van der Waals surface area contributed by atoms with Gasteiger partial charge >= 0.3 is 0 Å². The molecule has 1 amide bonds. The molecule has 3 aliphatic rings. The molecule has 4 N–H and O–H groups in total. The minimum Gasteiger partial charge on any atom is -0.384 e. The van der Waals surface area contributed by atoms with Crippen molar-refractivity contribution in [1.29, 1.82) is 0 Å². The van der Waals surface area contributed by atoms with Crippen LogP contribution in [0.15, 0.2) is 45.9 Å². The fourth-order valence-electron chi connectivity index (χ4n) is 4.27. The maximum atomic E-state index is 13.6. The van der Waals surface area contributed by atoms with Crippen LogP contribution in [0.2, 0.25) is 0 Å². The third kappa shape index (κ3) is 3.20. The second kappa shape index (κ2) is 7.39. The Morgan fingerprint density at radius 3 is 2.79 bits per heavy atom. The van der Waals surface area contributed by atoms with Crippen molar-refractivity contribution in [2.24, 2.45) is 10.7 Å². The van der Waals surface area contributed by atoms with Crippen molar-refractivity contribution in [3.8, 4) is 0 Å². The number of carbonyl (C=O) groups excluding carboxylic acids is 1. The fraction of sp³-hybridized carbons (Fsp3) is 0.476. The number of carbonyl (C=O) groups is 1.